The summed E-state index contributed by atoms with van der Waals surface area (Å²) in [4.78, 5) is 23.1. The van der Waals surface area contributed by atoms with Gasteiger partial charge in [-0.1, -0.05) is 11.6 Å². The van der Waals surface area contributed by atoms with Gasteiger partial charge < -0.3 is 16.4 Å². The molecule has 0 aliphatic carbocycles. The van der Waals surface area contributed by atoms with Gasteiger partial charge in [0.1, 0.15) is 0 Å². The van der Waals surface area contributed by atoms with Crippen molar-refractivity contribution >= 4 is 29.1 Å². The van der Waals surface area contributed by atoms with Crippen LogP contribution in [0.2, 0.25) is 5.02 Å². The summed E-state index contributed by atoms with van der Waals surface area (Å²) in [6, 6.07) is 4.51. The third-order valence-electron chi connectivity index (χ3n) is 2.23. The molecular weight excluding hydrogens is 254 g/mol. The quantitative estimate of drug-likeness (QED) is 0.772. The Morgan fingerprint density at radius 1 is 1.44 bits per heavy atom. The lowest BCUT2D eigenvalue weighted by atomic mass is 10.1. The summed E-state index contributed by atoms with van der Waals surface area (Å²) in [5.41, 5.74) is 6.36. The lowest BCUT2D eigenvalue weighted by Gasteiger charge is -2.09. The maximum atomic E-state index is 11.5. The number of hydrogen-bond donors (Lipinski definition) is 3. The number of carbonyl (C=O) groups is 2. The van der Waals surface area contributed by atoms with E-state index in [4.69, 9.17) is 17.3 Å². The molecule has 4 N–H and O–H groups in total. The van der Waals surface area contributed by atoms with Crippen molar-refractivity contribution in [3.05, 3.63) is 28.8 Å². The Balaban J connectivity index is 2.85. The van der Waals surface area contributed by atoms with Crippen molar-refractivity contribution in [1.82, 2.24) is 5.32 Å². The van der Waals surface area contributed by atoms with Crippen LogP contribution in [0.1, 0.15) is 23.7 Å². The minimum absolute atomic E-state index is 0.199. The fraction of sp³-hybridized carbons (Fsp3) is 0.333. The van der Waals surface area contributed by atoms with Crippen LogP contribution in [0.15, 0.2) is 18.2 Å². The van der Waals surface area contributed by atoms with Crippen LogP contribution in [0, 0.1) is 0 Å². The first-order chi connectivity index (χ1) is 8.43. The van der Waals surface area contributed by atoms with Gasteiger partial charge in [-0.05, 0) is 25.1 Å². The number of amides is 2. The molecule has 2 amide bonds. The fourth-order valence-electron chi connectivity index (χ4n) is 1.42. The van der Waals surface area contributed by atoms with E-state index in [-0.39, 0.29) is 24.3 Å². The van der Waals surface area contributed by atoms with E-state index in [9.17, 15) is 9.59 Å². The first-order valence-corrected chi connectivity index (χ1v) is 5.89. The lowest BCUT2D eigenvalue weighted by Crippen LogP contribution is -2.24. The van der Waals surface area contributed by atoms with Crippen molar-refractivity contribution in [3.8, 4) is 0 Å². The molecule has 0 aliphatic rings. The predicted molar refractivity (Wildman–Crippen MR) is 71.7 cm³/mol. The van der Waals surface area contributed by atoms with Crippen molar-refractivity contribution in [2.75, 3.05) is 12.4 Å². The van der Waals surface area contributed by atoms with Crippen LogP contribution in [0.25, 0.3) is 0 Å². The Hall–Kier alpha value is -1.59. The Labute approximate surface area is 111 Å². The molecule has 0 saturated carbocycles. The maximum Gasteiger partial charge on any atom is 0.252 e. The first-order valence-electron chi connectivity index (χ1n) is 5.51. The Bertz CT molecular complexity index is 461. The smallest absolute Gasteiger partial charge is 0.252 e. The van der Waals surface area contributed by atoms with Gasteiger partial charge >= 0.3 is 0 Å². The van der Waals surface area contributed by atoms with Crippen LogP contribution >= 0.6 is 11.6 Å². The highest BCUT2D eigenvalue weighted by Crippen LogP contribution is 2.20. The van der Waals surface area contributed by atoms with Gasteiger partial charge in [0.2, 0.25) is 5.91 Å². The molecule has 1 aromatic rings. The highest BCUT2D eigenvalue weighted by molar-refractivity contribution is 6.34. The van der Waals surface area contributed by atoms with E-state index in [1.165, 1.54) is 13.1 Å². The standard InChI is InChI=1S/C12H16ClN3O2/c1-7(14)5-11(17)16-8-3-4-10(13)9(6-8)12(18)15-2/h3-4,6-7H,5,14H2,1-2H3,(H,15,18)(H,16,17). The third-order valence-corrected chi connectivity index (χ3v) is 2.56. The van der Waals surface area contributed by atoms with Crippen molar-refractivity contribution in [2.45, 2.75) is 19.4 Å². The normalized spacial score (nSPS) is 11.8. The number of nitrogens with two attached hydrogens (primary N) is 1. The van der Waals surface area contributed by atoms with Crippen LogP contribution in [-0.2, 0) is 4.79 Å². The van der Waals surface area contributed by atoms with E-state index in [0.29, 0.717) is 16.3 Å². The molecule has 0 radical (unpaired) electrons. The predicted octanol–water partition coefficient (Wildman–Crippen LogP) is 1.38. The maximum absolute atomic E-state index is 11.5. The molecule has 0 saturated heterocycles. The van der Waals surface area contributed by atoms with E-state index < -0.39 is 0 Å². The molecule has 18 heavy (non-hydrogen) atoms. The molecular formula is C12H16ClN3O2. The lowest BCUT2D eigenvalue weighted by molar-refractivity contribution is -0.116. The van der Waals surface area contributed by atoms with Gasteiger partial charge in [0, 0.05) is 25.2 Å². The molecule has 1 atom stereocenters. The summed E-state index contributed by atoms with van der Waals surface area (Å²) in [5, 5.41) is 5.47. The third kappa shape index (κ3) is 4.01. The van der Waals surface area contributed by atoms with Gasteiger partial charge in [0.05, 0.1) is 10.6 Å². The topological polar surface area (TPSA) is 84.2 Å². The highest BCUT2D eigenvalue weighted by Gasteiger charge is 2.11. The second-order valence-electron chi connectivity index (χ2n) is 4.00. The summed E-state index contributed by atoms with van der Waals surface area (Å²) in [6.45, 7) is 1.75. The van der Waals surface area contributed by atoms with Crippen LogP contribution in [0.5, 0.6) is 0 Å². The Morgan fingerprint density at radius 2 is 2.11 bits per heavy atom. The van der Waals surface area contributed by atoms with Gasteiger partial charge in [0.15, 0.2) is 0 Å². The molecule has 0 aromatic heterocycles. The van der Waals surface area contributed by atoms with E-state index in [1.807, 2.05) is 0 Å². The summed E-state index contributed by atoms with van der Waals surface area (Å²) < 4.78 is 0. The molecule has 6 heteroatoms. The fourth-order valence-corrected chi connectivity index (χ4v) is 1.62. The number of carbonyl (C=O) groups excluding carboxylic acids is 2. The minimum atomic E-state index is -0.303. The molecule has 0 heterocycles. The average Bonchev–Trinajstić information content (AvgIpc) is 2.29. The summed E-state index contributed by atoms with van der Waals surface area (Å²) in [7, 11) is 1.51. The molecule has 0 spiro atoms. The molecule has 0 fully saturated rings. The van der Waals surface area contributed by atoms with E-state index in [2.05, 4.69) is 10.6 Å². The number of benzene rings is 1. The van der Waals surface area contributed by atoms with E-state index in [1.54, 1.807) is 19.1 Å². The summed E-state index contributed by atoms with van der Waals surface area (Å²) >= 11 is 5.90. The zero-order chi connectivity index (χ0) is 13.7. The molecule has 5 nitrogen and oxygen atoms in total. The summed E-state index contributed by atoms with van der Waals surface area (Å²) in [6.07, 6.45) is 0.220. The van der Waals surface area contributed by atoms with E-state index in [0.717, 1.165) is 0 Å². The highest BCUT2D eigenvalue weighted by atomic mass is 35.5. The number of anilines is 1. The Kier molecular flexibility index (Phi) is 5.12. The van der Waals surface area contributed by atoms with Crippen molar-refractivity contribution < 1.29 is 9.59 Å². The molecule has 1 aromatic carbocycles. The average molecular weight is 270 g/mol. The van der Waals surface area contributed by atoms with Gasteiger partial charge in [-0.3, -0.25) is 9.59 Å². The second-order valence-corrected chi connectivity index (χ2v) is 4.41. The number of rotatable bonds is 4. The van der Waals surface area contributed by atoms with Crippen LogP contribution in [0.4, 0.5) is 5.69 Å². The van der Waals surface area contributed by atoms with Crippen molar-refractivity contribution in [3.63, 3.8) is 0 Å². The van der Waals surface area contributed by atoms with E-state index >= 15 is 0 Å². The van der Waals surface area contributed by atoms with Crippen LogP contribution < -0.4 is 16.4 Å². The molecule has 0 aliphatic heterocycles. The van der Waals surface area contributed by atoms with Gasteiger partial charge in [-0.15, -0.1) is 0 Å². The number of halogens is 1. The summed E-state index contributed by atoms with van der Waals surface area (Å²) in [5.74, 6) is -0.501. The zero-order valence-electron chi connectivity index (χ0n) is 10.3. The first kappa shape index (κ1) is 14.5. The van der Waals surface area contributed by atoms with Gasteiger partial charge in [-0.2, -0.15) is 0 Å². The molecule has 1 unspecified atom stereocenters. The van der Waals surface area contributed by atoms with Gasteiger partial charge in [0.25, 0.3) is 5.91 Å². The Morgan fingerprint density at radius 3 is 2.67 bits per heavy atom. The molecule has 1 rings (SSSR count). The SMILES string of the molecule is CNC(=O)c1cc(NC(=O)CC(C)N)ccc1Cl. The van der Waals surface area contributed by atoms with Crippen LogP contribution in [0.3, 0.4) is 0 Å². The monoisotopic (exact) mass is 269 g/mol. The molecule has 98 valence electrons. The minimum Gasteiger partial charge on any atom is -0.355 e. The zero-order valence-corrected chi connectivity index (χ0v) is 11.0. The molecule has 0 bridgehead atoms. The second kappa shape index (κ2) is 6.37. The van der Waals surface area contributed by atoms with Gasteiger partial charge in [-0.25, -0.2) is 0 Å². The van der Waals surface area contributed by atoms with Crippen LogP contribution in [-0.4, -0.2) is 24.9 Å². The number of hydrogen-bond acceptors (Lipinski definition) is 3. The largest absolute Gasteiger partial charge is 0.355 e. The van der Waals surface area contributed by atoms with Crippen molar-refractivity contribution in [1.29, 1.82) is 0 Å². The number of nitrogens with one attached hydrogen (secondary N) is 2. The van der Waals surface area contributed by atoms with Crippen molar-refractivity contribution in [2.24, 2.45) is 5.73 Å².